The Hall–Kier alpha value is -1.88. The van der Waals surface area contributed by atoms with Gasteiger partial charge in [-0.3, -0.25) is 14.9 Å². The van der Waals surface area contributed by atoms with Gasteiger partial charge in [0.05, 0.1) is 7.11 Å². The number of carbonyl (C=O) groups excluding carboxylic acids is 2. The minimum atomic E-state index is -0.427. The standard InChI is InChI=1S/C16H22N2O3/c1-10(2)15(16(20)21-4)17-12-9-14(19)18(3)13-8-6-5-7-11(12)13/h5-8,10,12,15,17H,9H2,1-4H3/t12?,15-/m0/s1. The summed E-state index contributed by atoms with van der Waals surface area (Å²) < 4.78 is 4.85. The maximum absolute atomic E-state index is 12.1. The van der Waals surface area contributed by atoms with Crippen molar-refractivity contribution < 1.29 is 14.3 Å². The van der Waals surface area contributed by atoms with Crippen molar-refractivity contribution in [3.8, 4) is 0 Å². The van der Waals surface area contributed by atoms with Crippen molar-refractivity contribution in [3.05, 3.63) is 29.8 Å². The van der Waals surface area contributed by atoms with Gasteiger partial charge in [-0.25, -0.2) is 0 Å². The van der Waals surface area contributed by atoms with Gasteiger partial charge in [0.1, 0.15) is 6.04 Å². The minimum absolute atomic E-state index is 0.0403. The van der Waals surface area contributed by atoms with Crippen molar-refractivity contribution in [3.63, 3.8) is 0 Å². The first-order valence-electron chi connectivity index (χ1n) is 7.15. The second-order valence-electron chi connectivity index (χ2n) is 5.68. The highest BCUT2D eigenvalue weighted by molar-refractivity contribution is 5.96. The molecule has 0 saturated heterocycles. The third kappa shape index (κ3) is 3.08. The van der Waals surface area contributed by atoms with E-state index in [1.807, 2.05) is 38.1 Å². The Morgan fingerprint density at radius 1 is 1.38 bits per heavy atom. The van der Waals surface area contributed by atoms with Gasteiger partial charge in [0.15, 0.2) is 0 Å². The van der Waals surface area contributed by atoms with Gasteiger partial charge in [-0.15, -0.1) is 0 Å². The smallest absolute Gasteiger partial charge is 0.323 e. The van der Waals surface area contributed by atoms with E-state index in [2.05, 4.69) is 5.32 Å². The highest BCUT2D eigenvalue weighted by atomic mass is 16.5. The molecule has 0 aliphatic carbocycles. The molecule has 1 aliphatic rings. The van der Waals surface area contributed by atoms with E-state index < -0.39 is 6.04 Å². The molecule has 21 heavy (non-hydrogen) atoms. The lowest BCUT2D eigenvalue weighted by Gasteiger charge is -2.34. The number of methoxy groups -OCH3 is 1. The largest absolute Gasteiger partial charge is 0.468 e. The molecule has 5 nitrogen and oxygen atoms in total. The van der Waals surface area contributed by atoms with Gasteiger partial charge in [-0.05, 0) is 17.5 Å². The number of amides is 1. The Morgan fingerprint density at radius 2 is 2.05 bits per heavy atom. The van der Waals surface area contributed by atoms with Crippen LogP contribution in [0.1, 0.15) is 31.9 Å². The average Bonchev–Trinajstić information content (AvgIpc) is 2.48. The molecule has 0 aromatic heterocycles. The molecule has 114 valence electrons. The maximum atomic E-state index is 12.1. The fourth-order valence-electron chi connectivity index (χ4n) is 2.67. The lowest BCUT2D eigenvalue weighted by Crippen LogP contribution is -2.47. The van der Waals surface area contributed by atoms with E-state index in [0.717, 1.165) is 11.3 Å². The number of esters is 1. The van der Waals surface area contributed by atoms with E-state index in [1.165, 1.54) is 7.11 Å². The van der Waals surface area contributed by atoms with Crippen LogP contribution < -0.4 is 10.2 Å². The Labute approximate surface area is 125 Å². The maximum Gasteiger partial charge on any atom is 0.323 e. The first kappa shape index (κ1) is 15.5. The van der Waals surface area contributed by atoms with Gasteiger partial charge in [0.25, 0.3) is 0 Å². The summed E-state index contributed by atoms with van der Waals surface area (Å²) in [5, 5.41) is 3.29. The highest BCUT2D eigenvalue weighted by Crippen LogP contribution is 2.34. The van der Waals surface area contributed by atoms with Gasteiger partial charge in [-0.2, -0.15) is 0 Å². The van der Waals surface area contributed by atoms with Crippen LogP contribution >= 0.6 is 0 Å². The molecular formula is C16H22N2O3. The van der Waals surface area contributed by atoms with Crippen molar-refractivity contribution >= 4 is 17.6 Å². The normalized spacial score (nSPS) is 19.4. The summed E-state index contributed by atoms with van der Waals surface area (Å²) in [6.45, 7) is 3.91. The van der Waals surface area contributed by atoms with Crippen molar-refractivity contribution in [2.24, 2.45) is 5.92 Å². The summed E-state index contributed by atoms with van der Waals surface area (Å²) in [6, 6.07) is 7.17. The Morgan fingerprint density at radius 3 is 2.67 bits per heavy atom. The minimum Gasteiger partial charge on any atom is -0.468 e. The molecule has 0 radical (unpaired) electrons. The van der Waals surface area contributed by atoms with E-state index >= 15 is 0 Å². The van der Waals surface area contributed by atoms with Crippen LogP contribution in [0.4, 0.5) is 5.69 Å². The van der Waals surface area contributed by atoms with Crippen molar-refractivity contribution in [1.29, 1.82) is 0 Å². The predicted octanol–water partition coefficient (Wildman–Crippen LogP) is 1.88. The first-order chi connectivity index (χ1) is 9.95. The van der Waals surface area contributed by atoms with Crippen LogP contribution in [-0.2, 0) is 14.3 Å². The highest BCUT2D eigenvalue weighted by Gasteiger charge is 2.33. The first-order valence-corrected chi connectivity index (χ1v) is 7.15. The van der Waals surface area contributed by atoms with E-state index in [9.17, 15) is 9.59 Å². The van der Waals surface area contributed by atoms with E-state index in [1.54, 1.807) is 11.9 Å². The molecule has 1 aliphatic heterocycles. The number of benzene rings is 1. The van der Waals surface area contributed by atoms with Crippen LogP contribution in [0.2, 0.25) is 0 Å². The van der Waals surface area contributed by atoms with E-state index in [-0.39, 0.29) is 23.8 Å². The van der Waals surface area contributed by atoms with Crippen molar-refractivity contribution in [1.82, 2.24) is 5.32 Å². The fraction of sp³-hybridized carbons (Fsp3) is 0.500. The Kier molecular flexibility index (Phi) is 4.63. The molecule has 5 heteroatoms. The van der Waals surface area contributed by atoms with E-state index in [4.69, 9.17) is 4.74 Å². The lowest BCUT2D eigenvalue weighted by molar-refractivity contribution is -0.144. The summed E-state index contributed by atoms with van der Waals surface area (Å²) in [6.07, 6.45) is 0.341. The lowest BCUT2D eigenvalue weighted by atomic mass is 9.93. The average molecular weight is 290 g/mol. The summed E-state index contributed by atoms with van der Waals surface area (Å²) >= 11 is 0. The van der Waals surface area contributed by atoms with Crippen LogP contribution in [0, 0.1) is 5.92 Å². The molecular weight excluding hydrogens is 268 g/mol. The number of nitrogens with zero attached hydrogens (tertiary/aromatic N) is 1. The number of hydrogen-bond acceptors (Lipinski definition) is 4. The number of ether oxygens (including phenoxy) is 1. The molecule has 1 amide bonds. The molecule has 1 aromatic carbocycles. The van der Waals surface area contributed by atoms with Crippen molar-refractivity contribution in [2.75, 3.05) is 19.1 Å². The summed E-state index contributed by atoms with van der Waals surface area (Å²) in [4.78, 5) is 25.7. The second-order valence-corrected chi connectivity index (χ2v) is 5.68. The quantitative estimate of drug-likeness (QED) is 0.860. The predicted molar refractivity (Wildman–Crippen MR) is 81.0 cm³/mol. The number of anilines is 1. The molecule has 0 saturated carbocycles. The van der Waals surface area contributed by atoms with Gasteiger partial charge in [0.2, 0.25) is 5.91 Å². The van der Waals surface area contributed by atoms with Gasteiger partial charge in [0, 0.05) is 25.2 Å². The number of carbonyl (C=O) groups is 2. The summed E-state index contributed by atoms with van der Waals surface area (Å²) in [5.41, 5.74) is 1.92. The molecule has 0 spiro atoms. The summed E-state index contributed by atoms with van der Waals surface area (Å²) in [5.74, 6) is -0.174. The molecule has 1 N–H and O–H groups in total. The third-order valence-electron chi connectivity index (χ3n) is 3.93. The number of nitrogens with one attached hydrogen (secondary N) is 1. The van der Waals surface area contributed by atoms with Gasteiger partial charge < -0.3 is 9.64 Å². The van der Waals surface area contributed by atoms with Crippen LogP contribution in [-0.4, -0.2) is 32.1 Å². The zero-order valence-corrected chi connectivity index (χ0v) is 12.9. The molecule has 1 unspecified atom stereocenters. The number of hydrogen-bond donors (Lipinski definition) is 1. The van der Waals surface area contributed by atoms with Crippen LogP contribution in [0.5, 0.6) is 0 Å². The molecule has 2 rings (SSSR count). The molecule has 1 heterocycles. The number of fused-ring (bicyclic) bond motifs is 1. The zero-order chi connectivity index (χ0) is 15.6. The van der Waals surface area contributed by atoms with Crippen LogP contribution in [0.15, 0.2) is 24.3 Å². The monoisotopic (exact) mass is 290 g/mol. The zero-order valence-electron chi connectivity index (χ0n) is 12.9. The van der Waals surface area contributed by atoms with Gasteiger partial charge >= 0.3 is 5.97 Å². The summed E-state index contributed by atoms with van der Waals surface area (Å²) in [7, 11) is 3.16. The Balaban J connectivity index is 2.30. The number of para-hydroxylation sites is 1. The van der Waals surface area contributed by atoms with Crippen LogP contribution in [0.3, 0.4) is 0 Å². The third-order valence-corrected chi connectivity index (χ3v) is 3.93. The second kappa shape index (κ2) is 6.26. The van der Waals surface area contributed by atoms with Crippen molar-refractivity contribution in [2.45, 2.75) is 32.4 Å². The topological polar surface area (TPSA) is 58.6 Å². The van der Waals surface area contributed by atoms with Gasteiger partial charge in [-0.1, -0.05) is 32.0 Å². The van der Waals surface area contributed by atoms with Crippen LogP contribution in [0.25, 0.3) is 0 Å². The fourth-order valence-corrected chi connectivity index (χ4v) is 2.67. The Bertz CT molecular complexity index is 542. The SMILES string of the molecule is COC(=O)[C@@H](NC1CC(=O)N(C)c2ccccc21)C(C)C. The molecule has 2 atom stereocenters. The van der Waals surface area contributed by atoms with E-state index in [0.29, 0.717) is 6.42 Å². The molecule has 0 bridgehead atoms. The number of rotatable bonds is 4. The molecule has 1 aromatic rings. The molecule has 0 fully saturated rings.